The van der Waals surface area contributed by atoms with Gasteiger partial charge < -0.3 is 15.0 Å². The van der Waals surface area contributed by atoms with Gasteiger partial charge in [0.2, 0.25) is 5.12 Å². The molecule has 3 N–H and O–H groups in total. The Bertz CT molecular complexity index is 1120. The monoisotopic (exact) mass is 501 g/mol. The zero-order valence-electron chi connectivity index (χ0n) is 19.5. The van der Waals surface area contributed by atoms with Crippen molar-refractivity contribution < 1.29 is 23.5 Å². The van der Waals surface area contributed by atoms with Crippen molar-refractivity contribution in [2.45, 2.75) is 32.1 Å². The lowest BCUT2D eigenvalue weighted by Gasteiger charge is -2.20. The number of benzene rings is 1. The van der Waals surface area contributed by atoms with Crippen LogP contribution in [0.1, 0.15) is 32.1 Å². The van der Waals surface area contributed by atoms with E-state index < -0.39 is 11.8 Å². The Morgan fingerprint density at radius 1 is 1.14 bits per heavy atom. The quantitative estimate of drug-likeness (QED) is 0.467. The van der Waals surface area contributed by atoms with Gasteiger partial charge in [0.25, 0.3) is 0 Å². The number of carbonyl (C=O) groups excluding carboxylic acids is 3. The Labute approximate surface area is 207 Å². The molecule has 3 atom stereocenters. The maximum Gasteiger partial charge on any atom is 0.329 e. The zero-order chi connectivity index (χ0) is 24.9. The number of nitrogens with one attached hydrogen (secondary N) is 3. The zero-order valence-corrected chi connectivity index (χ0v) is 20.4. The van der Waals surface area contributed by atoms with Gasteiger partial charge in [-0.05, 0) is 55.2 Å². The molecule has 2 saturated carbocycles. The Balaban J connectivity index is 1.26. The third-order valence-electron chi connectivity index (χ3n) is 6.36. The summed E-state index contributed by atoms with van der Waals surface area (Å²) in [7, 11) is 3.19. The molecule has 1 aromatic heterocycles. The largest absolute Gasteiger partial charge is 0.454 e. The molecule has 4 rings (SSSR count). The normalized spacial score (nSPS) is 20.3. The molecule has 35 heavy (non-hydrogen) atoms. The number of hydrogen-bond donors (Lipinski definition) is 3. The van der Waals surface area contributed by atoms with E-state index in [-0.39, 0.29) is 34.2 Å². The summed E-state index contributed by atoms with van der Waals surface area (Å²) in [5, 5.41) is 5.03. The second kappa shape index (κ2) is 10.9. The molecular formula is C24H28FN5O4S. The van der Waals surface area contributed by atoms with E-state index in [1.54, 1.807) is 14.1 Å². The second-order valence-electron chi connectivity index (χ2n) is 9.12. The summed E-state index contributed by atoms with van der Waals surface area (Å²) >= 11 is 0.776. The molecule has 2 aliphatic rings. The van der Waals surface area contributed by atoms with Gasteiger partial charge in [0.05, 0.1) is 0 Å². The number of amides is 4. The fourth-order valence-electron chi connectivity index (χ4n) is 4.69. The highest BCUT2D eigenvalue weighted by Gasteiger charge is 2.40. The van der Waals surface area contributed by atoms with Crippen molar-refractivity contribution in [3.63, 3.8) is 0 Å². The molecule has 2 aliphatic carbocycles. The number of carbonyl (C=O) groups is 3. The number of hydrogen-bond acceptors (Lipinski definition) is 6. The van der Waals surface area contributed by atoms with E-state index in [0.29, 0.717) is 18.3 Å². The lowest BCUT2D eigenvalue weighted by atomic mass is 9.87. The molecule has 0 saturated heterocycles. The van der Waals surface area contributed by atoms with Crippen LogP contribution in [-0.4, -0.2) is 41.2 Å². The molecule has 2 aromatic rings. The predicted octanol–water partition coefficient (Wildman–Crippen LogP) is 5.23. The van der Waals surface area contributed by atoms with Crippen LogP contribution in [0.4, 0.5) is 25.5 Å². The highest BCUT2D eigenvalue weighted by molar-refractivity contribution is 8.12. The molecule has 1 heterocycles. The van der Waals surface area contributed by atoms with Gasteiger partial charge >= 0.3 is 12.1 Å². The summed E-state index contributed by atoms with van der Waals surface area (Å²) in [6, 6.07) is 5.99. The van der Waals surface area contributed by atoms with Crippen molar-refractivity contribution in [3.8, 4) is 11.5 Å². The third-order valence-corrected chi connectivity index (χ3v) is 7.04. The van der Waals surface area contributed by atoms with Gasteiger partial charge in [-0.3, -0.25) is 14.8 Å². The van der Waals surface area contributed by atoms with Gasteiger partial charge in [-0.2, -0.15) is 0 Å². The van der Waals surface area contributed by atoms with Crippen LogP contribution in [0, 0.1) is 23.6 Å². The minimum absolute atomic E-state index is 0.0638. The summed E-state index contributed by atoms with van der Waals surface area (Å²) < 4.78 is 22.6. The van der Waals surface area contributed by atoms with Gasteiger partial charge in [-0.1, -0.05) is 6.42 Å². The van der Waals surface area contributed by atoms with E-state index >= 15 is 0 Å². The van der Waals surface area contributed by atoms with Crippen LogP contribution in [-0.2, 0) is 4.79 Å². The number of nitrogens with zero attached hydrogens (tertiary/aromatic N) is 2. The molecule has 2 bridgehead atoms. The Kier molecular flexibility index (Phi) is 7.74. The van der Waals surface area contributed by atoms with E-state index in [1.807, 2.05) is 0 Å². The minimum atomic E-state index is -0.696. The number of pyridine rings is 1. The van der Waals surface area contributed by atoms with Gasteiger partial charge in [0.15, 0.2) is 11.6 Å². The molecule has 1 aromatic carbocycles. The molecule has 0 spiro atoms. The molecule has 0 radical (unpaired) electrons. The topological polar surface area (TPSA) is 113 Å². The van der Waals surface area contributed by atoms with Crippen molar-refractivity contribution in [2.24, 2.45) is 17.8 Å². The number of halogens is 1. The fourth-order valence-corrected chi connectivity index (χ4v) is 5.25. The number of ether oxygens (including phenoxy) is 1. The number of anilines is 2. The van der Waals surface area contributed by atoms with E-state index in [1.165, 1.54) is 54.6 Å². The Morgan fingerprint density at radius 3 is 2.66 bits per heavy atom. The molecule has 186 valence electrons. The molecule has 3 unspecified atom stereocenters. The second-order valence-corrected chi connectivity index (χ2v) is 9.98. The maximum atomic E-state index is 14.6. The van der Waals surface area contributed by atoms with Gasteiger partial charge in [-0.25, -0.2) is 19.0 Å². The molecule has 11 heteroatoms. The first-order chi connectivity index (χ1) is 16.8. The first-order valence-corrected chi connectivity index (χ1v) is 12.3. The number of rotatable bonds is 6. The summed E-state index contributed by atoms with van der Waals surface area (Å²) in [6.07, 6.45) is 6.74. The predicted molar refractivity (Wildman–Crippen MR) is 132 cm³/mol. The van der Waals surface area contributed by atoms with Gasteiger partial charge in [-0.15, -0.1) is 0 Å². The lowest BCUT2D eigenvalue weighted by Crippen LogP contribution is -2.27. The van der Waals surface area contributed by atoms with Crippen LogP contribution in [0.5, 0.6) is 11.5 Å². The summed E-state index contributed by atoms with van der Waals surface area (Å²) in [5.74, 6) is 1.62. The molecule has 4 amide bonds. The van der Waals surface area contributed by atoms with Crippen LogP contribution in [0.15, 0.2) is 36.5 Å². The number of fused-ring (bicyclic) bond motifs is 2. The van der Waals surface area contributed by atoms with Crippen LogP contribution in [0.25, 0.3) is 0 Å². The Morgan fingerprint density at radius 2 is 1.97 bits per heavy atom. The maximum absolute atomic E-state index is 14.6. The van der Waals surface area contributed by atoms with Crippen LogP contribution < -0.4 is 20.1 Å². The molecule has 9 nitrogen and oxygen atoms in total. The first kappa shape index (κ1) is 24.8. The summed E-state index contributed by atoms with van der Waals surface area (Å²) in [4.78, 5) is 41.5. The molecule has 2 fully saturated rings. The highest BCUT2D eigenvalue weighted by atomic mass is 32.2. The summed E-state index contributed by atoms with van der Waals surface area (Å²) in [5.41, 5.74) is 0.210. The number of aromatic nitrogens is 1. The average Bonchev–Trinajstić information content (AvgIpc) is 3.43. The molecule has 0 aliphatic heterocycles. The standard InChI is InChI=1S/C24H28FN5O4S/c1-30(2)24(33)28-21-13-18(7-8-26-21)34-20-6-5-17(12-19(20)25)27-23(32)29-35-22(31)11-16-10-14-3-4-15(16)9-14/h5-8,12-16H,3-4,9-11H2,1-2H3,(H,26,28,33)(H2,27,29,32). The van der Waals surface area contributed by atoms with Crippen molar-refractivity contribution in [2.75, 3.05) is 24.7 Å². The third kappa shape index (κ3) is 6.62. The minimum Gasteiger partial charge on any atom is -0.454 e. The van der Waals surface area contributed by atoms with Gasteiger partial charge in [0.1, 0.15) is 11.6 Å². The van der Waals surface area contributed by atoms with E-state index in [9.17, 15) is 18.8 Å². The summed E-state index contributed by atoms with van der Waals surface area (Å²) in [6.45, 7) is 0. The van der Waals surface area contributed by atoms with Crippen LogP contribution in [0.2, 0.25) is 0 Å². The van der Waals surface area contributed by atoms with Crippen molar-refractivity contribution >= 4 is 40.6 Å². The van der Waals surface area contributed by atoms with Crippen molar-refractivity contribution in [1.82, 2.24) is 14.6 Å². The van der Waals surface area contributed by atoms with Crippen molar-refractivity contribution in [3.05, 3.63) is 42.3 Å². The highest BCUT2D eigenvalue weighted by Crippen LogP contribution is 2.49. The van der Waals surface area contributed by atoms with Crippen LogP contribution in [0.3, 0.4) is 0 Å². The van der Waals surface area contributed by atoms with Crippen molar-refractivity contribution in [1.29, 1.82) is 0 Å². The SMILES string of the molecule is CN(C)C(=O)Nc1cc(Oc2ccc(NC(=O)NSC(=O)CC3CC4CCC3C4)cc2F)ccn1. The van der Waals surface area contributed by atoms with E-state index in [0.717, 1.165) is 30.4 Å². The Hall–Kier alpha value is -3.34. The first-order valence-electron chi connectivity index (χ1n) is 11.4. The lowest BCUT2D eigenvalue weighted by molar-refractivity contribution is -0.112. The molecular weight excluding hydrogens is 473 g/mol. The van der Waals surface area contributed by atoms with E-state index in [2.05, 4.69) is 20.3 Å². The fraction of sp³-hybridized carbons (Fsp3) is 0.417. The van der Waals surface area contributed by atoms with Crippen LogP contribution >= 0.6 is 11.9 Å². The van der Waals surface area contributed by atoms with E-state index in [4.69, 9.17) is 4.74 Å². The van der Waals surface area contributed by atoms with Gasteiger partial charge in [0, 0.05) is 56.5 Å². The number of urea groups is 2. The smallest absolute Gasteiger partial charge is 0.329 e. The average molecular weight is 502 g/mol.